The maximum absolute atomic E-state index is 13.6. The summed E-state index contributed by atoms with van der Waals surface area (Å²) in [7, 11) is 1.85. The van der Waals surface area contributed by atoms with Crippen molar-refractivity contribution in [3.05, 3.63) is 39.4 Å². The Kier molecular flexibility index (Phi) is 5.51. The zero-order chi connectivity index (χ0) is 15.3. The fourth-order valence-corrected chi connectivity index (χ4v) is 1.46. The van der Waals surface area contributed by atoms with Gasteiger partial charge in [-0.2, -0.15) is 4.39 Å². The van der Waals surface area contributed by atoms with Crippen molar-refractivity contribution in [1.82, 2.24) is 10.2 Å². The predicted molar refractivity (Wildman–Crippen MR) is 68.5 cm³/mol. The van der Waals surface area contributed by atoms with Crippen molar-refractivity contribution in [3.8, 4) is 0 Å². The Morgan fingerprint density at radius 1 is 1.40 bits per heavy atom. The molecule has 0 saturated heterocycles. The molecule has 1 aromatic rings. The molecule has 8 heteroatoms. The van der Waals surface area contributed by atoms with Gasteiger partial charge < -0.3 is 10.2 Å². The van der Waals surface area contributed by atoms with E-state index in [0.717, 1.165) is 6.54 Å². The van der Waals surface area contributed by atoms with E-state index in [1.807, 2.05) is 18.9 Å². The molecule has 0 unspecified atom stereocenters. The van der Waals surface area contributed by atoms with Gasteiger partial charge in [0.1, 0.15) is 5.82 Å². The number of nitrogens with zero attached hydrogens (tertiary/aromatic N) is 2. The topological polar surface area (TPSA) is 75.5 Å². The van der Waals surface area contributed by atoms with Crippen LogP contribution < -0.4 is 5.32 Å². The van der Waals surface area contributed by atoms with E-state index >= 15 is 0 Å². The molecule has 20 heavy (non-hydrogen) atoms. The number of nitro groups is 1. The maximum Gasteiger partial charge on any atom is 0.307 e. The molecule has 1 rings (SSSR count). The number of carbonyl (C=O) groups is 1. The van der Waals surface area contributed by atoms with Crippen molar-refractivity contribution in [3.63, 3.8) is 0 Å². The molecule has 0 saturated carbocycles. The van der Waals surface area contributed by atoms with Crippen LogP contribution in [0.4, 0.5) is 14.5 Å². The third-order valence-electron chi connectivity index (χ3n) is 2.80. The molecule has 0 heterocycles. The van der Waals surface area contributed by atoms with Gasteiger partial charge >= 0.3 is 5.69 Å². The molecular weight excluding hydrogens is 272 g/mol. The molecule has 0 aliphatic heterocycles. The van der Waals surface area contributed by atoms with Gasteiger partial charge in [-0.1, -0.05) is 6.92 Å². The zero-order valence-corrected chi connectivity index (χ0v) is 11.2. The largest absolute Gasteiger partial charge is 0.351 e. The van der Waals surface area contributed by atoms with Crippen molar-refractivity contribution in [2.45, 2.75) is 6.92 Å². The van der Waals surface area contributed by atoms with Crippen LogP contribution in [0.25, 0.3) is 0 Å². The second-order valence-electron chi connectivity index (χ2n) is 4.19. The highest BCUT2D eigenvalue weighted by molar-refractivity contribution is 5.94. The van der Waals surface area contributed by atoms with Gasteiger partial charge in [0.25, 0.3) is 5.91 Å². The Morgan fingerprint density at radius 3 is 2.60 bits per heavy atom. The fraction of sp³-hybridized carbons (Fsp3) is 0.417. The Balaban J connectivity index is 2.79. The number of halogens is 2. The van der Waals surface area contributed by atoms with Gasteiger partial charge in [-0.25, -0.2) is 4.39 Å². The summed E-state index contributed by atoms with van der Waals surface area (Å²) in [6, 6.07) is 0.939. The lowest BCUT2D eigenvalue weighted by Crippen LogP contribution is -2.33. The molecule has 0 aromatic heterocycles. The van der Waals surface area contributed by atoms with Crippen LogP contribution in [0.5, 0.6) is 0 Å². The number of rotatable bonds is 6. The predicted octanol–water partition coefficient (Wildman–Crippen LogP) is 1.55. The third kappa shape index (κ3) is 3.95. The lowest BCUT2D eigenvalue weighted by Gasteiger charge is -2.14. The van der Waals surface area contributed by atoms with Crippen molar-refractivity contribution in [2.24, 2.45) is 0 Å². The fourth-order valence-electron chi connectivity index (χ4n) is 1.46. The number of likely N-dealkylation sites (N-methyl/N-ethyl adjacent to an activating group) is 1. The minimum atomic E-state index is -1.24. The van der Waals surface area contributed by atoms with Crippen LogP contribution in [0, 0.1) is 21.7 Å². The number of hydrogen-bond donors (Lipinski definition) is 1. The molecule has 0 aliphatic rings. The minimum Gasteiger partial charge on any atom is -0.351 e. The van der Waals surface area contributed by atoms with E-state index in [1.54, 1.807) is 0 Å². The van der Waals surface area contributed by atoms with Crippen molar-refractivity contribution in [2.75, 3.05) is 26.7 Å². The van der Waals surface area contributed by atoms with Gasteiger partial charge in [-0.05, 0) is 19.7 Å². The van der Waals surface area contributed by atoms with Gasteiger partial charge in [0.2, 0.25) is 5.82 Å². The van der Waals surface area contributed by atoms with E-state index in [2.05, 4.69) is 5.32 Å². The number of hydrogen-bond acceptors (Lipinski definition) is 4. The Hall–Kier alpha value is -2.09. The van der Waals surface area contributed by atoms with Crippen molar-refractivity contribution >= 4 is 11.6 Å². The first kappa shape index (κ1) is 16.0. The molecule has 1 N–H and O–H groups in total. The first-order valence-corrected chi connectivity index (χ1v) is 5.97. The summed E-state index contributed by atoms with van der Waals surface area (Å²) in [6.45, 7) is 3.55. The average molecular weight is 287 g/mol. The third-order valence-corrected chi connectivity index (χ3v) is 2.80. The summed E-state index contributed by atoms with van der Waals surface area (Å²) < 4.78 is 26.9. The van der Waals surface area contributed by atoms with Crippen LogP contribution >= 0.6 is 0 Å². The standard InChI is InChI=1S/C12H15F2N3O3/c1-3-16(2)5-4-15-12(18)8-6-10(14)11(17(19)20)7-9(8)13/h6-7H,3-5H2,1-2H3,(H,15,18). The van der Waals surface area contributed by atoms with E-state index in [9.17, 15) is 23.7 Å². The van der Waals surface area contributed by atoms with E-state index in [1.165, 1.54) is 0 Å². The molecule has 1 amide bonds. The summed E-state index contributed by atoms with van der Waals surface area (Å²) in [5, 5.41) is 12.9. The van der Waals surface area contributed by atoms with Crippen molar-refractivity contribution in [1.29, 1.82) is 0 Å². The quantitative estimate of drug-likeness (QED) is 0.636. The molecule has 0 radical (unpaired) electrons. The Bertz CT molecular complexity index is 523. The van der Waals surface area contributed by atoms with Gasteiger partial charge in [0.15, 0.2) is 0 Å². The van der Waals surface area contributed by atoms with Gasteiger partial charge in [0, 0.05) is 13.1 Å². The van der Waals surface area contributed by atoms with Crippen LogP contribution in [0.15, 0.2) is 12.1 Å². The highest BCUT2D eigenvalue weighted by Gasteiger charge is 2.21. The molecule has 0 bridgehead atoms. The highest BCUT2D eigenvalue weighted by atomic mass is 19.1. The summed E-state index contributed by atoms with van der Waals surface area (Å²) >= 11 is 0. The summed E-state index contributed by atoms with van der Waals surface area (Å²) in [6.07, 6.45) is 0. The van der Waals surface area contributed by atoms with Crippen LogP contribution in [-0.4, -0.2) is 42.4 Å². The normalized spacial score (nSPS) is 10.7. The maximum atomic E-state index is 13.6. The number of nitrogens with one attached hydrogen (secondary N) is 1. The monoisotopic (exact) mass is 287 g/mol. The van der Waals surface area contributed by atoms with Gasteiger partial charge in [0.05, 0.1) is 16.6 Å². The Morgan fingerprint density at radius 2 is 2.05 bits per heavy atom. The van der Waals surface area contributed by atoms with Crippen molar-refractivity contribution < 1.29 is 18.5 Å². The molecule has 0 spiro atoms. The smallest absolute Gasteiger partial charge is 0.307 e. The summed E-state index contributed by atoms with van der Waals surface area (Å²) in [5.74, 6) is -3.17. The first-order chi connectivity index (χ1) is 9.36. The molecule has 6 nitrogen and oxygen atoms in total. The van der Waals surface area contributed by atoms with E-state index in [4.69, 9.17) is 0 Å². The Labute approximate surface area is 114 Å². The lowest BCUT2D eigenvalue weighted by atomic mass is 10.1. The van der Waals surface area contributed by atoms with Crippen LogP contribution in [0.1, 0.15) is 17.3 Å². The number of nitro benzene ring substituents is 1. The lowest BCUT2D eigenvalue weighted by molar-refractivity contribution is -0.387. The second-order valence-corrected chi connectivity index (χ2v) is 4.19. The summed E-state index contributed by atoms with van der Waals surface area (Å²) in [4.78, 5) is 23.0. The van der Waals surface area contributed by atoms with E-state index < -0.39 is 33.7 Å². The molecular formula is C12H15F2N3O3. The van der Waals surface area contributed by atoms with Crippen LogP contribution in [0.3, 0.4) is 0 Å². The van der Waals surface area contributed by atoms with Gasteiger partial charge in [-0.15, -0.1) is 0 Å². The molecule has 110 valence electrons. The highest BCUT2D eigenvalue weighted by Crippen LogP contribution is 2.21. The second kappa shape index (κ2) is 6.90. The molecule has 0 fully saturated rings. The van der Waals surface area contributed by atoms with Crippen LogP contribution in [-0.2, 0) is 0 Å². The molecule has 0 atom stereocenters. The molecule has 1 aromatic carbocycles. The number of amides is 1. The van der Waals surface area contributed by atoms with E-state index in [-0.39, 0.29) is 6.54 Å². The SMILES string of the molecule is CCN(C)CCNC(=O)c1cc(F)c([N+](=O)[O-])cc1F. The van der Waals surface area contributed by atoms with Crippen LogP contribution in [0.2, 0.25) is 0 Å². The first-order valence-electron chi connectivity index (χ1n) is 5.97. The molecule has 0 aliphatic carbocycles. The minimum absolute atomic E-state index is 0.265. The average Bonchev–Trinajstić information content (AvgIpc) is 2.40. The number of benzene rings is 1. The zero-order valence-electron chi connectivity index (χ0n) is 11.2. The summed E-state index contributed by atoms with van der Waals surface area (Å²) in [5.41, 5.74) is -1.54. The van der Waals surface area contributed by atoms with E-state index in [0.29, 0.717) is 18.7 Å². The van der Waals surface area contributed by atoms with Gasteiger partial charge in [-0.3, -0.25) is 14.9 Å². The number of carbonyl (C=O) groups excluding carboxylic acids is 1.